The summed E-state index contributed by atoms with van der Waals surface area (Å²) in [6.07, 6.45) is 1.60. The number of hydrogen-bond donors (Lipinski definition) is 0. The van der Waals surface area contributed by atoms with E-state index in [1.165, 1.54) is 0 Å². The standard InChI is InChI=1S/C20H28N2O5S/c23-19(22-8-6-17(7-9-22)20-26-12-13-27-20)18(16-4-2-1-3-5-16)21-10-14-28(24,25)15-11-21/h1-5,17-18,20H,6-15H2. The Kier molecular flexibility index (Phi) is 6.01. The van der Waals surface area contributed by atoms with Crippen LogP contribution in [0.5, 0.6) is 0 Å². The summed E-state index contributed by atoms with van der Waals surface area (Å²) < 4.78 is 34.9. The highest BCUT2D eigenvalue weighted by atomic mass is 32.2. The van der Waals surface area contributed by atoms with Gasteiger partial charge in [0.2, 0.25) is 5.91 Å². The molecule has 0 aliphatic carbocycles. The number of hydrogen-bond acceptors (Lipinski definition) is 6. The Morgan fingerprint density at radius 2 is 1.57 bits per heavy atom. The van der Waals surface area contributed by atoms with Gasteiger partial charge in [0.1, 0.15) is 6.04 Å². The minimum Gasteiger partial charge on any atom is -0.350 e. The second-order valence-corrected chi connectivity index (χ2v) is 10.1. The van der Waals surface area contributed by atoms with Crippen molar-refractivity contribution in [3.63, 3.8) is 0 Å². The van der Waals surface area contributed by atoms with Crippen LogP contribution in [0.2, 0.25) is 0 Å². The van der Waals surface area contributed by atoms with Gasteiger partial charge in [-0.25, -0.2) is 8.42 Å². The molecule has 3 heterocycles. The number of piperidine rings is 1. The Labute approximate surface area is 166 Å². The third kappa shape index (κ3) is 4.40. The average molecular weight is 409 g/mol. The van der Waals surface area contributed by atoms with Gasteiger partial charge >= 0.3 is 0 Å². The van der Waals surface area contributed by atoms with Crippen molar-refractivity contribution in [3.05, 3.63) is 35.9 Å². The van der Waals surface area contributed by atoms with E-state index in [1.54, 1.807) is 0 Å². The van der Waals surface area contributed by atoms with Crippen molar-refractivity contribution in [1.82, 2.24) is 9.80 Å². The predicted octanol–water partition coefficient (Wildman–Crippen LogP) is 1.07. The molecule has 1 aromatic rings. The molecule has 1 aromatic carbocycles. The summed E-state index contributed by atoms with van der Waals surface area (Å²) in [5.74, 6) is 0.628. The zero-order valence-corrected chi connectivity index (χ0v) is 16.9. The quantitative estimate of drug-likeness (QED) is 0.742. The molecule has 7 nitrogen and oxygen atoms in total. The van der Waals surface area contributed by atoms with Crippen molar-refractivity contribution < 1.29 is 22.7 Å². The SMILES string of the molecule is O=C(C(c1ccccc1)N1CCS(=O)(=O)CC1)N1CCC(C2OCCO2)CC1. The lowest BCUT2D eigenvalue weighted by atomic mass is 9.94. The summed E-state index contributed by atoms with van der Waals surface area (Å²) in [7, 11) is -2.99. The number of likely N-dealkylation sites (tertiary alicyclic amines) is 1. The summed E-state index contributed by atoms with van der Waals surface area (Å²) in [6, 6.07) is 9.28. The summed E-state index contributed by atoms with van der Waals surface area (Å²) in [5.41, 5.74) is 0.927. The first-order chi connectivity index (χ1) is 13.5. The van der Waals surface area contributed by atoms with Crippen LogP contribution in [0.15, 0.2) is 30.3 Å². The van der Waals surface area contributed by atoms with Crippen LogP contribution in [0, 0.1) is 5.92 Å². The van der Waals surface area contributed by atoms with Gasteiger partial charge < -0.3 is 14.4 Å². The fourth-order valence-corrected chi connectivity index (χ4v) is 5.57. The Bertz CT molecular complexity index is 757. The average Bonchev–Trinajstić information content (AvgIpc) is 3.25. The smallest absolute Gasteiger partial charge is 0.244 e. The largest absolute Gasteiger partial charge is 0.350 e. The van der Waals surface area contributed by atoms with Gasteiger partial charge in [-0.05, 0) is 18.4 Å². The van der Waals surface area contributed by atoms with Gasteiger partial charge in [0.15, 0.2) is 16.1 Å². The topological polar surface area (TPSA) is 76.2 Å². The molecule has 154 valence electrons. The fraction of sp³-hybridized carbons (Fsp3) is 0.650. The van der Waals surface area contributed by atoms with Gasteiger partial charge in [-0.2, -0.15) is 0 Å². The number of sulfone groups is 1. The molecule has 28 heavy (non-hydrogen) atoms. The van der Waals surface area contributed by atoms with Crippen molar-refractivity contribution in [2.75, 3.05) is 50.9 Å². The Hall–Kier alpha value is -1.48. The maximum atomic E-state index is 13.5. The van der Waals surface area contributed by atoms with E-state index in [0.717, 1.165) is 18.4 Å². The summed E-state index contributed by atoms with van der Waals surface area (Å²) in [6.45, 7) is 3.46. The summed E-state index contributed by atoms with van der Waals surface area (Å²) in [4.78, 5) is 17.4. The Morgan fingerprint density at radius 1 is 0.964 bits per heavy atom. The number of carbonyl (C=O) groups excluding carboxylic acids is 1. The molecule has 8 heteroatoms. The van der Waals surface area contributed by atoms with Crippen molar-refractivity contribution >= 4 is 15.7 Å². The lowest BCUT2D eigenvalue weighted by Crippen LogP contribution is -2.50. The monoisotopic (exact) mass is 408 g/mol. The number of carbonyl (C=O) groups is 1. The van der Waals surface area contributed by atoms with E-state index in [-0.39, 0.29) is 23.7 Å². The van der Waals surface area contributed by atoms with Crippen LogP contribution in [0.25, 0.3) is 0 Å². The van der Waals surface area contributed by atoms with Gasteiger partial charge in [0, 0.05) is 32.1 Å². The van der Waals surface area contributed by atoms with Crippen molar-refractivity contribution in [2.24, 2.45) is 5.92 Å². The second kappa shape index (κ2) is 8.49. The zero-order chi connectivity index (χ0) is 19.6. The number of amides is 1. The molecule has 3 saturated heterocycles. The molecular weight excluding hydrogens is 380 g/mol. The zero-order valence-electron chi connectivity index (χ0n) is 16.0. The van der Waals surface area contributed by atoms with Crippen molar-refractivity contribution in [3.8, 4) is 0 Å². The highest BCUT2D eigenvalue weighted by Crippen LogP contribution is 2.30. The van der Waals surface area contributed by atoms with Crippen molar-refractivity contribution in [1.29, 1.82) is 0 Å². The van der Waals surface area contributed by atoms with E-state index in [2.05, 4.69) is 0 Å². The van der Waals surface area contributed by atoms with Crippen molar-refractivity contribution in [2.45, 2.75) is 25.2 Å². The first-order valence-electron chi connectivity index (χ1n) is 10.0. The molecule has 0 radical (unpaired) electrons. The van der Waals surface area contributed by atoms with E-state index in [4.69, 9.17) is 9.47 Å². The Morgan fingerprint density at radius 3 is 2.18 bits per heavy atom. The molecule has 0 aromatic heterocycles. The number of nitrogens with zero attached hydrogens (tertiary/aromatic N) is 2. The van der Waals surface area contributed by atoms with Gasteiger partial charge in [-0.1, -0.05) is 30.3 Å². The molecule has 0 spiro atoms. The van der Waals surface area contributed by atoms with Crippen LogP contribution in [0.3, 0.4) is 0 Å². The van der Waals surface area contributed by atoms with Crippen LogP contribution < -0.4 is 0 Å². The maximum Gasteiger partial charge on any atom is 0.244 e. The predicted molar refractivity (Wildman–Crippen MR) is 104 cm³/mol. The molecule has 0 N–H and O–H groups in total. The van der Waals surface area contributed by atoms with Gasteiger partial charge in [-0.15, -0.1) is 0 Å². The van der Waals surface area contributed by atoms with E-state index >= 15 is 0 Å². The molecule has 4 rings (SSSR count). The Balaban J connectivity index is 1.46. The minimum atomic E-state index is -2.99. The first kappa shape index (κ1) is 19.8. The van der Waals surface area contributed by atoms with Crippen LogP contribution in [0.4, 0.5) is 0 Å². The minimum absolute atomic E-state index is 0.0669. The number of benzene rings is 1. The molecule has 0 saturated carbocycles. The molecule has 3 fully saturated rings. The van der Waals surface area contributed by atoms with E-state index < -0.39 is 15.9 Å². The maximum absolute atomic E-state index is 13.5. The normalized spacial score (nSPS) is 25.6. The molecule has 3 aliphatic heterocycles. The fourth-order valence-electron chi connectivity index (χ4n) is 4.34. The summed E-state index contributed by atoms with van der Waals surface area (Å²) >= 11 is 0. The molecule has 1 atom stereocenters. The lowest BCUT2D eigenvalue weighted by Gasteiger charge is -2.39. The highest BCUT2D eigenvalue weighted by molar-refractivity contribution is 7.91. The second-order valence-electron chi connectivity index (χ2n) is 7.77. The van der Waals surface area contributed by atoms with Crippen LogP contribution in [-0.4, -0.2) is 81.3 Å². The molecule has 0 bridgehead atoms. The van der Waals surface area contributed by atoms with E-state index in [9.17, 15) is 13.2 Å². The van der Waals surface area contributed by atoms with Gasteiger partial charge in [0.05, 0.1) is 24.7 Å². The molecule has 3 aliphatic rings. The third-order valence-corrected chi connectivity index (χ3v) is 7.59. The molecule has 1 unspecified atom stereocenters. The van der Waals surface area contributed by atoms with E-state index in [0.29, 0.717) is 45.3 Å². The van der Waals surface area contributed by atoms with E-state index in [1.807, 2.05) is 40.1 Å². The third-order valence-electron chi connectivity index (χ3n) is 5.98. The van der Waals surface area contributed by atoms with Crippen LogP contribution in [-0.2, 0) is 24.1 Å². The number of ether oxygens (including phenoxy) is 2. The first-order valence-corrected chi connectivity index (χ1v) is 11.9. The molecular formula is C20H28N2O5S. The van der Waals surface area contributed by atoms with Crippen LogP contribution >= 0.6 is 0 Å². The van der Waals surface area contributed by atoms with Gasteiger partial charge in [-0.3, -0.25) is 9.69 Å². The van der Waals surface area contributed by atoms with Gasteiger partial charge in [0.25, 0.3) is 0 Å². The molecule has 1 amide bonds. The highest BCUT2D eigenvalue weighted by Gasteiger charge is 2.37. The summed E-state index contributed by atoms with van der Waals surface area (Å²) in [5, 5.41) is 0. The van der Waals surface area contributed by atoms with Crippen LogP contribution in [0.1, 0.15) is 24.4 Å². The number of rotatable bonds is 4. The lowest BCUT2D eigenvalue weighted by molar-refractivity contribution is -0.142.